The summed E-state index contributed by atoms with van der Waals surface area (Å²) in [5.41, 5.74) is 2.56. The second-order valence-corrected chi connectivity index (χ2v) is 7.20. The van der Waals surface area contributed by atoms with Crippen LogP contribution in [0.25, 0.3) is 0 Å². The topological polar surface area (TPSA) is 42.7 Å². The molecule has 152 valence electrons. The van der Waals surface area contributed by atoms with E-state index in [0.717, 1.165) is 24.4 Å². The Morgan fingerprint density at radius 1 is 1.03 bits per heavy atom. The van der Waals surface area contributed by atoms with Crippen molar-refractivity contribution in [3.63, 3.8) is 0 Å². The van der Waals surface area contributed by atoms with Crippen molar-refractivity contribution in [2.75, 3.05) is 13.7 Å². The first kappa shape index (κ1) is 20.7. The molecule has 2 aromatic carbocycles. The number of rotatable bonds is 10. The lowest BCUT2D eigenvalue weighted by Crippen LogP contribution is -2.31. The van der Waals surface area contributed by atoms with Gasteiger partial charge < -0.3 is 14.1 Å². The first-order valence-electron chi connectivity index (χ1n) is 10.2. The highest BCUT2D eigenvalue weighted by Crippen LogP contribution is 2.27. The summed E-state index contributed by atoms with van der Waals surface area (Å²) in [6, 6.07) is 22.6. The van der Waals surface area contributed by atoms with Crippen molar-refractivity contribution in [1.29, 1.82) is 0 Å². The fourth-order valence-corrected chi connectivity index (χ4v) is 3.58. The van der Waals surface area contributed by atoms with Crippen molar-refractivity contribution >= 4 is 5.91 Å². The molecule has 0 aliphatic carbocycles. The zero-order chi connectivity index (χ0) is 20.5. The molecule has 1 amide bonds. The third-order valence-corrected chi connectivity index (χ3v) is 5.24. The Labute approximate surface area is 173 Å². The van der Waals surface area contributed by atoms with Crippen molar-refractivity contribution in [2.45, 2.75) is 38.6 Å². The van der Waals surface area contributed by atoms with Gasteiger partial charge in [-0.3, -0.25) is 4.79 Å². The highest BCUT2D eigenvalue weighted by atomic mass is 16.5. The Balaban J connectivity index is 1.75. The van der Waals surface area contributed by atoms with E-state index in [1.807, 2.05) is 42.2 Å². The third kappa shape index (κ3) is 5.98. The smallest absolute Gasteiger partial charge is 0.222 e. The Morgan fingerprint density at radius 2 is 1.79 bits per heavy atom. The van der Waals surface area contributed by atoms with Gasteiger partial charge in [0.15, 0.2) is 0 Å². The van der Waals surface area contributed by atoms with Crippen molar-refractivity contribution in [3.05, 3.63) is 89.9 Å². The zero-order valence-corrected chi connectivity index (χ0v) is 17.2. The summed E-state index contributed by atoms with van der Waals surface area (Å²) in [5, 5.41) is 0. The minimum atomic E-state index is 0.148. The minimum Gasteiger partial charge on any atom is -0.497 e. The van der Waals surface area contributed by atoms with Crippen LogP contribution in [-0.4, -0.2) is 24.5 Å². The van der Waals surface area contributed by atoms with Crippen LogP contribution in [0.15, 0.2) is 77.4 Å². The first-order valence-corrected chi connectivity index (χ1v) is 10.2. The molecule has 1 unspecified atom stereocenters. The van der Waals surface area contributed by atoms with E-state index in [1.165, 1.54) is 11.1 Å². The molecule has 3 rings (SSSR count). The van der Waals surface area contributed by atoms with Gasteiger partial charge in [-0.25, -0.2) is 0 Å². The van der Waals surface area contributed by atoms with Gasteiger partial charge in [-0.1, -0.05) is 49.4 Å². The molecule has 0 aliphatic heterocycles. The average Bonchev–Trinajstić information content (AvgIpc) is 3.29. The molecule has 0 saturated carbocycles. The SMILES string of the molecule is CCC(=O)N(CCC(Cc1ccccc1)c1ccc(OC)cc1)Cc1ccco1. The van der Waals surface area contributed by atoms with Crippen molar-refractivity contribution in [2.24, 2.45) is 0 Å². The Hall–Kier alpha value is -3.01. The number of hydrogen-bond acceptors (Lipinski definition) is 3. The fourth-order valence-electron chi connectivity index (χ4n) is 3.58. The normalized spacial score (nSPS) is 11.8. The van der Waals surface area contributed by atoms with Crippen LogP contribution < -0.4 is 4.74 Å². The standard InChI is InChI=1S/C25H29NO3/c1-3-25(27)26(19-24-10-7-17-29-24)16-15-22(18-20-8-5-4-6-9-20)21-11-13-23(28-2)14-12-21/h4-14,17,22H,3,15-16,18-19H2,1-2H3. The molecule has 3 aromatic rings. The highest BCUT2D eigenvalue weighted by molar-refractivity contribution is 5.75. The summed E-state index contributed by atoms with van der Waals surface area (Å²) in [4.78, 5) is 14.4. The zero-order valence-electron chi connectivity index (χ0n) is 17.2. The van der Waals surface area contributed by atoms with Gasteiger partial charge in [-0.15, -0.1) is 0 Å². The van der Waals surface area contributed by atoms with E-state index < -0.39 is 0 Å². The van der Waals surface area contributed by atoms with E-state index in [2.05, 4.69) is 36.4 Å². The summed E-state index contributed by atoms with van der Waals surface area (Å²) < 4.78 is 10.8. The molecule has 1 atom stereocenters. The summed E-state index contributed by atoms with van der Waals surface area (Å²) in [7, 11) is 1.68. The molecular formula is C25H29NO3. The van der Waals surface area contributed by atoms with Crippen LogP contribution in [0.3, 0.4) is 0 Å². The number of amides is 1. The number of ether oxygens (including phenoxy) is 1. The molecule has 0 saturated heterocycles. The number of nitrogens with zero attached hydrogens (tertiary/aromatic N) is 1. The molecule has 1 aromatic heterocycles. The molecule has 4 heteroatoms. The van der Waals surface area contributed by atoms with Crippen LogP contribution >= 0.6 is 0 Å². The van der Waals surface area contributed by atoms with Gasteiger partial charge in [0.1, 0.15) is 11.5 Å². The fraction of sp³-hybridized carbons (Fsp3) is 0.320. The number of carbonyl (C=O) groups is 1. The molecule has 0 fully saturated rings. The molecule has 0 bridgehead atoms. The quantitative estimate of drug-likeness (QED) is 0.462. The van der Waals surface area contributed by atoms with E-state index in [9.17, 15) is 4.79 Å². The predicted octanol–water partition coefficient (Wildman–Crippen LogP) is 5.44. The lowest BCUT2D eigenvalue weighted by Gasteiger charge is -2.25. The largest absolute Gasteiger partial charge is 0.497 e. The lowest BCUT2D eigenvalue weighted by molar-refractivity contribution is -0.131. The van der Waals surface area contributed by atoms with Crippen molar-refractivity contribution in [1.82, 2.24) is 4.90 Å². The first-order chi connectivity index (χ1) is 14.2. The number of carbonyl (C=O) groups excluding carboxylic acids is 1. The van der Waals surface area contributed by atoms with Crippen LogP contribution in [0.1, 0.15) is 42.6 Å². The van der Waals surface area contributed by atoms with Gasteiger partial charge in [0.2, 0.25) is 5.91 Å². The maximum Gasteiger partial charge on any atom is 0.222 e. The third-order valence-electron chi connectivity index (χ3n) is 5.24. The summed E-state index contributed by atoms with van der Waals surface area (Å²) >= 11 is 0. The van der Waals surface area contributed by atoms with E-state index in [4.69, 9.17) is 9.15 Å². The van der Waals surface area contributed by atoms with Gasteiger partial charge in [-0.2, -0.15) is 0 Å². The van der Waals surface area contributed by atoms with Crippen molar-refractivity contribution in [3.8, 4) is 5.75 Å². The molecular weight excluding hydrogens is 362 g/mol. The van der Waals surface area contributed by atoms with E-state index >= 15 is 0 Å². The minimum absolute atomic E-state index is 0.148. The van der Waals surface area contributed by atoms with Gasteiger partial charge >= 0.3 is 0 Å². The maximum absolute atomic E-state index is 12.5. The van der Waals surface area contributed by atoms with Gasteiger partial charge in [0, 0.05) is 13.0 Å². The average molecular weight is 392 g/mol. The number of hydrogen-bond donors (Lipinski definition) is 0. The van der Waals surface area contributed by atoms with Crippen molar-refractivity contribution < 1.29 is 13.9 Å². The molecule has 29 heavy (non-hydrogen) atoms. The molecule has 0 N–H and O–H groups in total. The predicted molar refractivity (Wildman–Crippen MR) is 115 cm³/mol. The number of methoxy groups -OCH3 is 1. The highest BCUT2D eigenvalue weighted by Gasteiger charge is 2.18. The van der Waals surface area contributed by atoms with Crippen LogP contribution in [0.4, 0.5) is 0 Å². The molecule has 0 radical (unpaired) electrons. The second-order valence-electron chi connectivity index (χ2n) is 7.20. The summed E-state index contributed by atoms with van der Waals surface area (Å²) in [5.74, 6) is 2.13. The number of benzene rings is 2. The molecule has 4 nitrogen and oxygen atoms in total. The second kappa shape index (κ2) is 10.5. The Bertz CT molecular complexity index is 857. The van der Waals surface area contributed by atoms with Crippen LogP contribution in [0.2, 0.25) is 0 Å². The van der Waals surface area contributed by atoms with Crippen LogP contribution in [0.5, 0.6) is 5.75 Å². The monoisotopic (exact) mass is 391 g/mol. The summed E-state index contributed by atoms with van der Waals surface area (Å²) in [6.45, 7) is 3.11. The van der Waals surface area contributed by atoms with Gasteiger partial charge in [-0.05, 0) is 54.2 Å². The maximum atomic E-state index is 12.5. The lowest BCUT2D eigenvalue weighted by atomic mass is 9.89. The molecule has 0 aliphatic rings. The Kier molecular flexibility index (Phi) is 7.51. The van der Waals surface area contributed by atoms with Crippen LogP contribution in [0, 0.1) is 0 Å². The van der Waals surface area contributed by atoms with E-state index in [1.54, 1.807) is 13.4 Å². The Morgan fingerprint density at radius 3 is 2.41 bits per heavy atom. The van der Waals surface area contributed by atoms with Gasteiger partial charge in [0.25, 0.3) is 0 Å². The number of furan rings is 1. The van der Waals surface area contributed by atoms with E-state index in [0.29, 0.717) is 25.4 Å². The molecule has 1 heterocycles. The summed E-state index contributed by atoms with van der Waals surface area (Å²) in [6.07, 6.45) is 3.96. The van der Waals surface area contributed by atoms with Crippen LogP contribution in [-0.2, 0) is 17.8 Å². The van der Waals surface area contributed by atoms with Gasteiger partial charge in [0.05, 0.1) is 19.9 Å². The van der Waals surface area contributed by atoms with E-state index in [-0.39, 0.29) is 5.91 Å². The molecule has 0 spiro atoms.